The van der Waals surface area contributed by atoms with Crippen LogP contribution in [0, 0.1) is 12.8 Å². The molecule has 2 aromatic carbocycles. The van der Waals surface area contributed by atoms with E-state index in [9.17, 15) is 9.59 Å². The number of hydrogen-bond acceptors (Lipinski definition) is 4. The van der Waals surface area contributed by atoms with E-state index in [1.54, 1.807) is 18.2 Å². The highest BCUT2D eigenvalue weighted by molar-refractivity contribution is 5.97. The second kappa shape index (κ2) is 10.3. The normalized spacial score (nSPS) is 18.1. The molecule has 1 aliphatic rings. The molecule has 0 spiro atoms. The molecular formula is C27H29N3O3. The number of piperidine rings is 1. The molecule has 2 atom stereocenters. The summed E-state index contributed by atoms with van der Waals surface area (Å²) in [5, 5.41) is 3.08. The molecule has 4 rings (SSSR count). The van der Waals surface area contributed by atoms with Crippen molar-refractivity contribution >= 4 is 17.5 Å². The van der Waals surface area contributed by atoms with Crippen molar-refractivity contribution in [1.29, 1.82) is 0 Å². The Morgan fingerprint density at radius 1 is 1.09 bits per heavy atom. The summed E-state index contributed by atoms with van der Waals surface area (Å²) in [5.41, 5.74) is 3.66. The van der Waals surface area contributed by atoms with E-state index in [0.717, 1.165) is 22.5 Å². The van der Waals surface area contributed by atoms with Gasteiger partial charge >= 0.3 is 0 Å². The molecule has 2 heterocycles. The van der Waals surface area contributed by atoms with Gasteiger partial charge in [-0.15, -0.1) is 0 Å². The molecule has 0 radical (unpaired) electrons. The van der Waals surface area contributed by atoms with Gasteiger partial charge in [-0.2, -0.15) is 0 Å². The van der Waals surface area contributed by atoms with Crippen LogP contribution in [0.25, 0.3) is 0 Å². The highest BCUT2D eigenvalue weighted by atomic mass is 16.5. The van der Waals surface area contributed by atoms with E-state index in [0.29, 0.717) is 31.6 Å². The third kappa shape index (κ3) is 5.06. The van der Waals surface area contributed by atoms with Crippen LogP contribution >= 0.6 is 0 Å². The molecule has 3 aromatic rings. The molecule has 1 aromatic heterocycles. The molecule has 1 saturated heterocycles. The molecule has 33 heavy (non-hydrogen) atoms. The van der Waals surface area contributed by atoms with Crippen molar-refractivity contribution in [3.05, 3.63) is 89.7 Å². The summed E-state index contributed by atoms with van der Waals surface area (Å²) in [6, 6.07) is 20.8. The van der Waals surface area contributed by atoms with Crippen LogP contribution in [0.2, 0.25) is 0 Å². The third-order valence-corrected chi connectivity index (χ3v) is 6.11. The average Bonchev–Trinajstić information content (AvgIpc) is 2.85. The monoisotopic (exact) mass is 443 g/mol. The number of nitrogens with zero attached hydrogens (tertiary/aromatic N) is 2. The van der Waals surface area contributed by atoms with Gasteiger partial charge in [0.05, 0.1) is 19.1 Å². The van der Waals surface area contributed by atoms with Crippen LogP contribution in [0.3, 0.4) is 0 Å². The van der Waals surface area contributed by atoms with Gasteiger partial charge in [-0.3, -0.25) is 14.6 Å². The van der Waals surface area contributed by atoms with E-state index < -0.39 is 12.0 Å². The number of amides is 2. The number of nitrogens with one attached hydrogen (secondary N) is 1. The molecule has 1 aliphatic heterocycles. The molecule has 0 unspecified atom stereocenters. The van der Waals surface area contributed by atoms with Gasteiger partial charge in [0, 0.05) is 42.5 Å². The Morgan fingerprint density at radius 2 is 1.85 bits per heavy atom. The van der Waals surface area contributed by atoms with Crippen molar-refractivity contribution in [2.45, 2.75) is 32.2 Å². The van der Waals surface area contributed by atoms with Gasteiger partial charge < -0.3 is 15.0 Å². The Morgan fingerprint density at radius 3 is 2.58 bits per heavy atom. The Bertz CT molecular complexity index is 1100. The SMILES string of the molecule is COc1ccccc1[C@@H]1[C@@H](C(=O)NCCc2ccccn2)CCC(=O)N1c1ccc(C)cc1. The van der Waals surface area contributed by atoms with E-state index >= 15 is 0 Å². The number of methoxy groups -OCH3 is 1. The fraction of sp³-hybridized carbons (Fsp3) is 0.296. The predicted molar refractivity (Wildman–Crippen MR) is 128 cm³/mol. The zero-order chi connectivity index (χ0) is 23.2. The number of aryl methyl sites for hydroxylation is 1. The number of pyridine rings is 1. The molecule has 0 saturated carbocycles. The first-order chi connectivity index (χ1) is 16.1. The van der Waals surface area contributed by atoms with Gasteiger partial charge in [-0.05, 0) is 43.7 Å². The lowest BCUT2D eigenvalue weighted by atomic mass is 9.82. The molecule has 0 bridgehead atoms. The molecule has 1 N–H and O–H groups in total. The summed E-state index contributed by atoms with van der Waals surface area (Å²) in [6.07, 6.45) is 3.21. The summed E-state index contributed by atoms with van der Waals surface area (Å²) >= 11 is 0. The maximum atomic E-state index is 13.4. The zero-order valence-electron chi connectivity index (χ0n) is 19.0. The van der Waals surface area contributed by atoms with Crippen molar-refractivity contribution in [3.63, 3.8) is 0 Å². The first-order valence-corrected chi connectivity index (χ1v) is 11.3. The lowest BCUT2D eigenvalue weighted by molar-refractivity contribution is -0.129. The van der Waals surface area contributed by atoms with Crippen molar-refractivity contribution in [3.8, 4) is 5.75 Å². The quantitative estimate of drug-likeness (QED) is 0.593. The van der Waals surface area contributed by atoms with Crippen molar-refractivity contribution < 1.29 is 14.3 Å². The predicted octanol–water partition coefficient (Wildman–Crippen LogP) is 4.24. The Labute approximate surface area is 194 Å². The van der Waals surface area contributed by atoms with Crippen LogP contribution < -0.4 is 15.0 Å². The Kier molecular flexibility index (Phi) is 7.03. The van der Waals surface area contributed by atoms with Gasteiger partial charge in [-0.25, -0.2) is 0 Å². The van der Waals surface area contributed by atoms with Gasteiger partial charge in [0.2, 0.25) is 11.8 Å². The molecule has 170 valence electrons. The van der Waals surface area contributed by atoms with E-state index in [2.05, 4.69) is 10.3 Å². The Hall–Kier alpha value is -3.67. The van der Waals surface area contributed by atoms with Gasteiger partial charge in [-0.1, -0.05) is 42.0 Å². The number of ether oxygens (including phenoxy) is 1. The Balaban J connectivity index is 1.64. The number of carbonyl (C=O) groups is 2. The largest absolute Gasteiger partial charge is 0.496 e. The van der Waals surface area contributed by atoms with Crippen LogP contribution in [0.4, 0.5) is 5.69 Å². The molecule has 1 fully saturated rings. The van der Waals surface area contributed by atoms with Crippen LogP contribution in [0.1, 0.15) is 35.7 Å². The lowest BCUT2D eigenvalue weighted by Crippen LogP contribution is -2.48. The zero-order valence-corrected chi connectivity index (χ0v) is 19.0. The van der Waals surface area contributed by atoms with Gasteiger partial charge in [0.25, 0.3) is 0 Å². The van der Waals surface area contributed by atoms with Gasteiger partial charge in [0.15, 0.2) is 0 Å². The number of rotatable bonds is 7. The summed E-state index contributed by atoms with van der Waals surface area (Å²) in [5.74, 6) is 0.211. The van der Waals surface area contributed by atoms with Crippen LogP contribution in [0.5, 0.6) is 5.75 Å². The maximum absolute atomic E-state index is 13.4. The standard InChI is InChI=1S/C27H29N3O3/c1-19-10-12-21(13-11-19)30-25(31)15-14-23(26(30)22-8-3-4-9-24(22)33-2)27(32)29-18-16-20-7-5-6-17-28-20/h3-13,17,23,26H,14-16,18H2,1-2H3,(H,29,32)/t23-,26+/m0/s1. The van der Waals surface area contributed by atoms with E-state index in [-0.39, 0.29) is 11.8 Å². The number of benzene rings is 2. The second-order valence-corrected chi connectivity index (χ2v) is 8.29. The average molecular weight is 444 g/mol. The highest BCUT2D eigenvalue weighted by Crippen LogP contribution is 2.43. The van der Waals surface area contributed by atoms with Crippen molar-refractivity contribution in [2.24, 2.45) is 5.92 Å². The number of carbonyl (C=O) groups excluding carboxylic acids is 2. The minimum Gasteiger partial charge on any atom is -0.496 e. The van der Waals surface area contributed by atoms with Crippen molar-refractivity contribution in [1.82, 2.24) is 10.3 Å². The minimum atomic E-state index is -0.458. The summed E-state index contributed by atoms with van der Waals surface area (Å²) in [6.45, 7) is 2.50. The smallest absolute Gasteiger partial charge is 0.227 e. The summed E-state index contributed by atoms with van der Waals surface area (Å²) in [4.78, 5) is 32.7. The first-order valence-electron chi connectivity index (χ1n) is 11.3. The summed E-state index contributed by atoms with van der Waals surface area (Å²) in [7, 11) is 1.61. The number of aromatic nitrogens is 1. The summed E-state index contributed by atoms with van der Waals surface area (Å²) < 4.78 is 5.63. The number of hydrogen-bond donors (Lipinski definition) is 1. The van der Waals surface area contributed by atoms with Crippen LogP contribution in [0.15, 0.2) is 72.9 Å². The van der Waals surface area contributed by atoms with E-state index in [4.69, 9.17) is 4.74 Å². The number of para-hydroxylation sites is 1. The third-order valence-electron chi connectivity index (χ3n) is 6.11. The van der Waals surface area contributed by atoms with Crippen LogP contribution in [-0.2, 0) is 16.0 Å². The second-order valence-electron chi connectivity index (χ2n) is 8.29. The highest BCUT2D eigenvalue weighted by Gasteiger charge is 2.42. The van der Waals surface area contributed by atoms with Crippen LogP contribution in [-0.4, -0.2) is 30.5 Å². The molecule has 2 amide bonds. The van der Waals surface area contributed by atoms with E-state index in [1.807, 2.05) is 73.7 Å². The topological polar surface area (TPSA) is 71.5 Å². The molecular weight excluding hydrogens is 414 g/mol. The minimum absolute atomic E-state index is 0.00675. The van der Waals surface area contributed by atoms with Gasteiger partial charge in [0.1, 0.15) is 5.75 Å². The van der Waals surface area contributed by atoms with Crippen molar-refractivity contribution in [2.75, 3.05) is 18.6 Å². The fourth-order valence-electron chi connectivity index (χ4n) is 4.43. The molecule has 0 aliphatic carbocycles. The first kappa shape index (κ1) is 22.5. The molecule has 6 heteroatoms. The van der Waals surface area contributed by atoms with E-state index in [1.165, 1.54) is 0 Å². The molecule has 6 nitrogen and oxygen atoms in total. The fourth-order valence-corrected chi connectivity index (χ4v) is 4.43. The maximum Gasteiger partial charge on any atom is 0.227 e. The number of anilines is 1. The lowest BCUT2D eigenvalue weighted by Gasteiger charge is -2.41.